The summed E-state index contributed by atoms with van der Waals surface area (Å²) in [6.07, 6.45) is -0.615. The topological polar surface area (TPSA) is 118 Å². The van der Waals surface area contributed by atoms with E-state index < -0.39 is 22.3 Å². The zero-order valence-electron chi connectivity index (χ0n) is 13.3. The SMILES string of the molecule is CC(C)C(O)C(C)(C)CNC(=O)c1c(N)cccc1[N+](=O)[O-]. The van der Waals surface area contributed by atoms with Gasteiger partial charge in [-0.2, -0.15) is 0 Å². The smallest absolute Gasteiger partial charge is 0.284 e. The van der Waals surface area contributed by atoms with E-state index in [0.29, 0.717) is 0 Å². The van der Waals surface area contributed by atoms with E-state index >= 15 is 0 Å². The molecular weight excluding hydrogens is 286 g/mol. The number of hydrogen-bond donors (Lipinski definition) is 3. The van der Waals surface area contributed by atoms with E-state index in [0.717, 1.165) is 0 Å². The zero-order chi connectivity index (χ0) is 17.1. The van der Waals surface area contributed by atoms with Gasteiger partial charge >= 0.3 is 0 Å². The number of nitrogens with two attached hydrogens (primary N) is 1. The minimum atomic E-state index is -0.640. The average molecular weight is 309 g/mol. The molecule has 7 nitrogen and oxygen atoms in total. The first-order valence-corrected chi connectivity index (χ1v) is 7.07. The Morgan fingerprint density at radius 2 is 2.05 bits per heavy atom. The lowest BCUT2D eigenvalue weighted by Crippen LogP contribution is -2.43. The number of benzene rings is 1. The standard InChI is InChI=1S/C15H23N3O4/c1-9(2)13(19)15(3,4)8-17-14(20)12-10(16)6-5-7-11(12)18(21)22/h5-7,9,13,19H,8,16H2,1-4H3,(H,17,20). The van der Waals surface area contributed by atoms with E-state index in [1.807, 2.05) is 27.7 Å². The predicted octanol–water partition coefficient (Wildman–Crippen LogP) is 1.95. The molecule has 22 heavy (non-hydrogen) atoms. The van der Waals surface area contributed by atoms with Crippen LogP contribution in [0.25, 0.3) is 0 Å². The number of nitrogens with one attached hydrogen (secondary N) is 1. The van der Waals surface area contributed by atoms with Crippen LogP contribution in [-0.4, -0.2) is 28.6 Å². The summed E-state index contributed by atoms with van der Waals surface area (Å²) in [5.41, 5.74) is 4.69. The molecule has 1 rings (SSSR count). The normalized spacial score (nSPS) is 13.0. The number of hydrogen-bond acceptors (Lipinski definition) is 5. The summed E-state index contributed by atoms with van der Waals surface area (Å²) in [4.78, 5) is 22.6. The molecule has 122 valence electrons. The highest BCUT2D eigenvalue weighted by atomic mass is 16.6. The number of nitro groups is 1. The van der Waals surface area contributed by atoms with Crippen LogP contribution in [0.1, 0.15) is 38.1 Å². The number of carbonyl (C=O) groups excluding carboxylic acids is 1. The van der Waals surface area contributed by atoms with Crippen molar-refractivity contribution in [1.82, 2.24) is 5.32 Å². The second kappa shape index (κ2) is 6.74. The Morgan fingerprint density at radius 3 is 2.55 bits per heavy atom. The first kappa shape index (κ1) is 17.9. The van der Waals surface area contributed by atoms with Crippen molar-refractivity contribution < 1.29 is 14.8 Å². The Hall–Kier alpha value is -2.15. The number of aliphatic hydroxyl groups is 1. The number of amides is 1. The van der Waals surface area contributed by atoms with Gasteiger partial charge in [0.15, 0.2) is 0 Å². The minimum absolute atomic E-state index is 0.0306. The van der Waals surface area contributed by atoms with Gasteiger partial charge in [0.1, 0.15) is 5.56 Å². The number of carbonyl (C=O) groups is 1. The van der Waals surface area contributed by atoms with Crippen molar-refractivity contribution in [2.45, 2.75) is 33.8 Å². The Kier molecular flexibility index (Phi) is 5.48. The quantitative estimate of drug-likeness (QED) is 0.421. The highest BCUT2D eigenvalue weighted by Crippen LogP contribution is 2.27. The first-order chi connectivity index (χ1) is 10.1. The van der Waals surface area contributed by atoms with E-state index in [2.05, 4.69) is 5.32 Å². The molecule has 4 N–H and O–H groups in total. The van der Waals surface area contributed by atoms with Crippen molar-refractivity contribution in [2.24, 2.45) is 11.3 Å². The molecule has 0 fully saturated rings. The van der Waals surface area contributed by atoms with Crippen LogP contribution in [0, 0.1) is 21.4 Å². The minimum Gasteiger partial charge on any atom is -0.398 e. The van der Waals surface area contributed by atoms with Gasteiger partial charge in [-0.15, -0.1) is 0 Å². The monoisotopic (exact) mass is 309 g/mol. The number of nitrogens with zero attached hydrogens (tertiary/aromatic N) is 1. The molecule has 1 aromatic carbocycles. The van der Waals surface area contributed by atoms with E-state index in [9.17, 15) is 20.0 Å². The zero-order valence-corrected chi connectivity index (χ0v) is 13.3. The van der Waals surface area contributed by atoms with Gasteiger partial charge < -0.3 is 16.2 Å². The number of rotatable bonds is 6. The third kappa shape index (κ3) is 3.94. The van der Waals surface area contributed by atoms with Gasteiger partial charge in [0.2, 0.25) is 0 Å². The summed E-state index contributed by atoms with van der Waals surface area (Å²) in [5, 5.41) is 23.8. The summed E-state index contributed by atoms with van der Waals surface area (Å²) in [6, 6.07) is 4.10. The van der Waals surface area contributed by atoms with Crippen LogP contribution in [-0.2, 0) is 0 Å². The maximum absolute atomic E-state index is 12.3. The largest absolute Gasteiger partial charge is 0.398 e. The molecule has 0 aliphatic heterocycles. The maximum Gasteiger partial charge on any atom is 0.284 e. The molecule has 0 aliphatic rings. The van der Waals surface area contributed by atoms with Crippen LogP contribution in [0.2, 0.25) is 0 Å². The number of nitrogen functional groups attached to an aromatic ring is 1. The number of aliphatic hydroxyl groups excluding tert-OH is 1. The highest BCUT2D eigenvalue weighted by Gasteiger charge is 2.31. The second-order valence-electron chi connectivity index (χ2n) is 6.36. The molecule has 1 aromatic rings. The highest BCUT2D eigenvalue weighted by molar-refractivity contribution is 6.03. The summed E-state index contributed by atoms with van der Waals surface area (Å²) < 4.78 is 0. The lowest BCUT2D eigenvalue weighted by Gasteiger charge is -2.33. The van der Waals surface area contributed by atoms with Gasteiger partial charge in [-0.05, 0) is 12.0 Å². The van der Waals surface area contributed by atoms with Crippen molar-refractivity contribution in [1.29, 1.82) is 0 Å². The summed E-state index contributed by atoms with van der Waals surface area (Å²) >= 11 is 0. The van der Waals surface area contributed by atoms with Crippen LogP contribution in [0.5, 0.6) is 0 Å². The third-order valence-electron chi connectivity index (χ3n) is 3.64. The van der Waals surface area contributed by atoms with E-state index in [1.54, 1.807) is 0 Å². The molecule has 0 saturated carbocycles. The Labute approximate surface area is 129 Å². The van der Waals surface area contributed by atoms with Crippen LogP contribution >= 0.6 is 0 Å². The summed E-state index contributed by atoms with van der Waals surface area (Å²) in [5.74, 6) is -0.586. The fourth-order valence-electron chi connectivity index (χ4n) is 2.36. The Balaban J connectivity index is 2.94. The maximum atomic E-state index is 12.3. The average Bonchev–Trinajstić information content (AvgIpc) is 2.43. The third-order valence-corrected chi connectivity index (χ3v) is 3.64. The molecule has 0 heterocycles. The van der Waals surface area contributed by atoms with Crippen molar-refractivity contribution in [3.05, 3.63) is 33.9 Å². The molecule has 1 unspecified atom stereocenters. The lowest BCUT2D eigenvalue weighted by molar-refractivity contribution is -0.385. The van der Waals surface area contributed by atoms with Crippen LogP contribution in [0.15, 0.2) is 18.2 Å². The molecule has 0 aliphatic carbocycles. The first-order valence-electron chi connectivity index (χ1n) is 7.07. The number of nitro benzene ring substituents is 1. The molecule has 1 atom stereocenters. The molecular formula is C15H23N3O4. The molecule has 0 saturated heterocycles. The van der Waals surface area contributed by atoms with Crippen molar-refractivity contribution >= 4 is 17.3 Å². The lowest BCUT2D eigenvalue weighted by atomic mass is 9.80. The van der Waals surface area contributed by atoms with Gasteiger partial charge in [-0.1, -0.05) is 33.8 Å². The van der Waals surface area contributed by atoms with Crippen LogP contribution in [0.4, 0.5) is 11.4 Å². The summed E-state index contributed by atoms with van der Waals surface area (Å²) in [6.45, 7) is 7.58. The number of anilines is 1. The molecule has 0 radical (unpaired) electrons. The van der Waals surface area contributed by atoms with E-state index in [4.69, 9.17) is 5.73 Å². The van der Waals surface area contributed by atoms with Crippen molar-refractivity contribution in [3.63, 3.8) is 0 Å². The summed E-state index contributed by atoms with van der Waals surface area (Å²) in [7, 11) is 0. The molecule has 1 amide bonds. The van der Waals surface area contributed by atoms with Gasteiger partial charge in [0, 0.05) is 18.0 Å². The van der Waals surface area contributed by atoms with Gasteiger partial charge in [-0.3, -0.25) is 14.9 Å². The van der Waals surface area contributed by atoms with Gasteiger partial charge in [0.05, 0.1) is 16.7 Å². The Bertz CT molecular complexity index is 570. The fraction of sp³-hybridized carbons (Fsp3) is 0.533. The molecule has 0 bridgehead atoms. The predicted molar refractivity (Wildman–Crippen MR) is 84.5 cm³/mol. The molecule has 0 spiro atoms. The van der Waals surface area contributed by atoms with Crippen LogP contribution in [0.3, 0.4) is 0 Å². The van der Waals surface area contributed by atoms with Crippen molar-refractivity contribution in [3.8, 4) is 0 Å². The van der Waals surface area contributed by atoms with Gasteiger partial charge in [0.25, 0.3) is 11.6 Å². The molecule has 0 aromatic heterocycles. The second-order valence-corrected chi connectivity index (χ2v) is 6.36. The Morgan fingerprint density at radius 1 is 1.45 bits per heavy atom. The van der Waals surface area contributed by atoms with E-state index in [-0.39, 0.29) is 29.4 Å². The van der Waals surface area contributed by atoms with Crippen LogP contribution < -0.4 is 11.1 Å². The molecule has 7 heteroatoms. The van der Waals surface area contributed by atoms with Gasteiger partial charge in [-0.25, -0.2) is 0 Å². The van der Waals surface area contributed by atoms with E-state index in [1.165, 1.54) is 18.2 Å². The van der Waals surface area contributed by atoms with Crippen molar-refractivity contribution in [2.75, 3.05) is 12.3 Å². The fourth-order valence-corrected chi connectivity index (χ4v) is 2.36.